The fourth-order valence-corrected chi connectivity index (χ4v) is 3.43. The molecular formula is C21H12FN3O. The highest BCUT2D eigenvalue weighted by Gasteiger charge is 2.28. The molecule has 5 rings (SSSR count). The maximum absolute atomic E-state index is 13.6. The lowest BCUT2D eigenvalue weighted by Gasteiger charge is -1.99. The first-order valence-electron chi connectivity index (χ1n) is 8.18. The Kier molecular flexibility index (Phi) is 3.09. The molecule has 1 N–H and O–H groups in total. The van der Waals surface area contributed by atoms with Gasteiger partial charge in [-0.1, -0.05) is 48.5 Å². The molecule has 0 fully saturated rings. The van der Waals surface area contributed by atoms with Crippen LogP contribution in [0.5, 0.6) is 0 Å². The summed E-state index contributed by atoms with van der Waals surface area (Å²) in [4.78, 5) is 12.2. The molecule has 0 bridgehead atoms. The molecule has 5 heteroatoms. The Hall–Kier alpha value is -3.60. The van der Waals surface area contributed by atoms with Gasteiger partial charge in [0.05, 0.1) is 5.69 Å². The Morgan fingerprint density at radius 1 is 0.692 bits per heavy atom. The highest BCUT2D eigenvalue weighted by molar-refractivity contribution is 6.53. The minimum atomic E-state index is -0.419. The molecule has 1 aliphatic carbocycles. The second-order valence-corrected chi connectivity index (χ2v) is 6.13. The number of benzene rings is 3. The van der Waals surface area contributed by atoms with E-state index in [9.17, 15) is 9.18 Å². The van der Waals surface area contributed by atoms with Gasteiger partial charge in [0.1, 0.15) is 11.5 Å². The van der Waals surface area contributed by atoms with Crippen LogP contribution in [0.1, 0.15) is 16.7 Å². The number of rotatable bonds is 1. The molecule has 0 spiro atoms. The molecule has 3 aromatic rings. The predicted octanol–water partition coefficient (Wildman–Crippen LogP) is 4.00. The van der Waals surface area contributed by atoms with E-state index >= 15 is 0 Å². The van der Waals surface area contributed by atoms with E-state index in [0.717, 1.165) is 22.3 Å². The predicted molar refractivity (Wildman–Crippen MR) is 99.1 cm³/mol. The van der Waals surface area contributed by atoms with Crippen molar-refractivity contribution < 1.29 is 9.18 Å². The minimum Gasteiger partial charge on any atom is -0.320 e. The fourth-order valence-electron chi connectivity index (χ4n) is 3.43. The average Bonchev–Trinajstić information content (AvgIpc) is 3.14. The van der Waals surface area contributed by atoms with Crippen LogP contribution >= 0.6 is 0 Å². The first-order chi connectivity index (χ1) is 12.7. The maximum Gasteiger partial charge on any atom is 0.276 e. The lowest BCUT2D eigenvalue weighted by Crippen LogP contribution is -2.14. The smallest absolute Gasteiger partial charge is 0.276 e. The van der Waals surface area contributed by atoms with Crippen LogP contribution in [0.3, 0.4) is 0 Å². The first-order valence-corrected chi connectivity index (χ1v) is 8.18. The molecule has 0 saturated carbocycles. The van der Waals surface area contributed by atoms with E-state index in [2.05, 4.69) is 15.5 Å². The van der Waals surface area contributed by atoms with Crippen LogP contribution in [-0.2, 0) is 4.79 Å². The van der Waals surface area contributed by atoms with E-state index in [-0.39, 0.29) is 11.6 Å². The van der Waals surface area contributed by atoms with E-state index in [1.165, 1.54) is 18.2 Å². The first kappa shape index (κ1) is 14.7. The topological polar surface area (TPSA) is 53.8 Å². The Balaban J connectivity index is 1.68. The van der Waals surface area contributed by atoms with E-state index < -0.39 is 5.82 Å². The SMILES string of the molecule is O=C1Nc2ccc(F)cc2C1=NN=C1c2ccccc2-c2ccccc21. The molecule has 2 aliphatic rings. The maximum atomic E-state index is 13.6. The van der Waals surface area contributed by atoms with Crippen molar-refractivity contribution in [3.63, 3.8) is 0 Å². The van der Waals surface area contributed by atoms with Gasteiger partial charge in [0.25, 0.3) is 5.91 Å². The molecule has 26 heavy (non-hydrogen) atoms. The Morgan fingerprint density at radius 3 is 1.92 bits per heavy atom. The van der Waals surface area contributed by atoms with Gasteiger partial charge in [0, 0.05) is 16.7 Å². The number of anilines is 1. The molecule has 0 atom stereocenters. The third-order valence-electron chi connectivity index (χ3n) is 4.60. The largest absolute Gasteiger partial charge is 0.320 e. The number of halogens is 1. The summed E-state index contributed by atoms with van der Waals surface area (Å²) in [5.74, 6) is -0.799. The zero-order valence-corrected chi connectivity index (χ0v) is 13.5. The number of nitrogens with zero attached hydrogens (tertiary/aromatic N) is 2. The number of carbonyl (C=O) groups excluding carboxylic acids is 1. The normalized spacial score (nSPS) is 15.5. The van der Waals surface area contributed by atoms with Crippen molar-refractivity contribution >= 4 is 23.0 Å². The molecule has 3 aromatic carbocycles. The van der Waals surface area contributed by atoms with Gasteiger partial charge >= 0.3 is 0 Å². The number of hydrogen-bond donors (Lipinski definition) is 1. The molecule has 0 saturated heterocycles. The third kappa shape index (κ3) is 2.10. The number of fused-ring (bicyclic) bond motifs is 4. The van der Waals surface area contributed by atoms with Crippen LogP contribution in [0.25, 0.3) is 11.1 Å². The standard InChI is InChI=1S/C21H12FN3O/c22-12-9-10-18-17(11-12)20(21(26)23-18)25-24-19-15-7-3-1-5-13(15)14-6-2-4-8-16(14)19/h1-11H,(H,23,25,26). The monoisotopic (exact) mass is 341 g/mol. The summed E-state index contributed by atoms with van der Waals surface area (Å²) in [6.07, 6.45) is 0. The molecule has 1 aliphatic heterocycles. The van der Waals surface area contributed by atoms with Crippen molar-refractivity contribution in [2.45, 2.75) is 0 Å². The van der Waals surface area contributed by atoms with Crippen molar-refractivity contribution in [1.29, 1.82) is 0 Å². The van der Waals surface area contributed by atoms with Crippen LogP contribution in [0.15, 0.2) is 76.9 Å². The summed E-state index contributed by atoms with van der Waals surface area (Å²) >= 11 is 0. The van der Waals surface area contributed by atoms with Crippen molar-refractivity contribution in [2.75, 3.05) is 5.32 Å². The Bertz CT molecular complexity index is 1100. The number of carbonyl (C=O) groups is 1. The van der Waals surface area contributed by atoms with Gasteiger partial charge in [-0.05, 0) is 29.3 Å². The van der Waals surface area contributed by atoms with Crippen molar-refractivity contribution in [2.24, 2.45) is 10.2 Å². The summed E-state index contributed by atoms with van der Waals surface area (Å²) in [6, 6.07) is 20.0. The quantitative estimate of drug-likeness (QED) is 0.523. The molecule has 4 nitrogen and oxygen atoms in total. The third-order valence-corrected chi connectivity index (χ3v) is 4.60. The van der Waals surface area contributed by atoms with Gasteiger partial charge < -0.3 is 5.32 Å². The Morgan fingerprint density at radius 2 is 1.27 bits per heavy atom. The van der Waals surface area contributed by atoms with Crippen LogP contribution in [0, 0.1) is 5.82 Å². The van der Waals surface area contributed by atoms with Gasteiger partial charge in [-0.15, -0.1) is 10.2 Å². The van der Waals surface area contributed by atoms with E-state index in [1.54, 1.807) is 0 Å². The van der Waals surface area contributed by atoms with E-state index in [4.69, 9.17) is 0 Å². The molecule has 0 radical (unpaired) electrons. The van der Waals surface area contributed by atoms with Crippen molar-refractivity contribution in [1.82, 2.24) is 0 Å². The molecule has 1 heterocycles. The molecule has 124 valence electrons. The van der Waals surface area contributed by atoms with Crippen LogP contribution < -0.4 is 5.32 Å². The molecule has 1 amide bonds. The zero-order chi connectivity index (χ0) is 17.7. The van der Waals surface area contributed by atoms with Crippen LogP contribution in [-0.4, -0.2) is 17.3 Å². The highest BCUT2D eigenvalue weighted by Crippen LogP contribution is 2.36. The molecular weight excluding hydrogens is 329 g/mol. The minimum absolute atomic E-state index is 0.119. The van der Waals surface area contributed by atoms with Gasteiger partial charge in [0.2, 0.25) is 0 Å². The molecule has 0 unspecified atom stereocenters. The summed E-state index contributed by atoms with van der Waals surface area (Å²) in [7, 11) is 0. The molecule has 0 aromatic heterocycles. The van der Waals surface area contributed by atoms with Gasteiger partial charge in [-0.2, -0.15) is 0 Å². The van der Waals surface area contributed by atoms with Crippen LogP contribution in [0.4, 0.5) is 10.1 Å². The van der Waals surface area contributed by atoms with Gasteiger partial charge in [0.15, 0.2) is 5.71 Å². The number of hydrogen-bond acceptors (Lipinski definition) is 3. The van der Waals surface area contributed by atoms with Gasteiger partial charge in [-0.3, -0.25) is 4.79 Å². The van der Waals surface area contributed by atoms with E-state index in [1.807, 2.05) is 48.5 Å². The van der Waals surface area contributed by atoms with Crippen LogP contribution in [0.2, 0.25) is 0 Å². The average molecular weight is 341 g/mol. The lowest BCUT2D eigenvalue weighted by molar-refractivity contribution is -0.110. The second-order valence-electron chi connectivity index (χ2n) is 6.13. The van der Waals surface area contributed by atoms with E-state index in [0.29, 0.717) is 17.0 Å². The second kappa shape index (κ2) is 5.46. The highest BCUT2D eigenvalue weighted by atomic mass is 19.1. The van der Waals surface area contributed by atoms with Gasteiger partial charge in [-0.25, -0.2) is 4.39 Å². The lowest BCUT2D eigenvalue weighted by atomic mass is 10.1. The van der Waals surface area contributed by atoms with Crippen molar-refractivity contribution in [3.05, 3.63) is 89.2 Å². The van der Waals surface area contributed by atoms with Crippen molar-refractivity contribution in [3.8, 4) is 11.1 Å². The Labute approximate surface area is 148 Å². The summed E-state index contributed by atoms with van der Waals surface area (Å²) in [6.45, 7) is 0. The fraction of sp³-hybridized carbons (Fsp3) is 0. The summed E-state index contributed by atoms with van der Waals surface area (Å²) < 4.78 is 13.6. The number of amides is 1. The number of nitrogens with one attached hydrogen (secondary N) is 1. The summed E-state index contributed by atoms with van der Waals surface area (Å²) in [5.41, 5.74) is 5.91. The zero-order valence-electron chi connectivity index (χ0n) is 13.5. The summed E-state index contributed by atoms with van der Waals surface area (Å²) in [5, 5.41) is 11.3.